The number of hydrogen-bond donors (Lipinski definition) is 0. The van der Waals surface area contributed by atoms with Crippen LogP contribution in [0.5, 0.6) is 0 Å². The fourth-order valence-electron chi connectivity index (χ4n) is 3.29. The van der Waals surface area contributed by atoms with Crippen LogP contribution in [0, 0.1) is 5.82 Å². The lowest BCUT2D eigenvalue weighted by molar-refractivity contribution is 0.102. The van der Waals surface area contributed by atoms with Crippen LogP contribution in [0.4, 0.5) is 4.39 Å². The molecule has 156 valence electrons. The van der Waals surface area contributed by atoms with E-state index < -0.39 is 0 Å². The summed E-state index contributed by atoms with van der Waals surface area (Å²) in [5, 5.41) is 9.42. The Morgan fingerprint density at radius 3 is 2.52 bits per heavy atom. The molecular formula is C24H21FN4OS. The van der Waals surface area contributed by atoms with Crippen molar-refractivity contribution < 1.29 is 9.18 Å². The average Bonchev–Trinajstić information content (AvgIpc) is 3.22. The largest absolute Gasteiger partial charge is 0.293 e. The predicted octanol–water partition coefficient (Wildman–Crippen LogP) is 5.57. The highest BCUT2D eigenvalue weighted by atomic mass is 32.2. The minimum absolute atomic E-state index is 0.0976. The van der Waals surface area contributed by atoms with Crippen molar-refractivity contribution in [1.82, 2.24) is 19.7 Å². The molecule has 0 atom stereocenters. The Hall–Kier alpha value is -3.32. The minimum atomic E-state index is -0.365. The average molecular weight is 433 g/mol. The van der Waals surface area contributed by atoms with E-state index in [0.29, 0.717) is 22.5 Å². The minimum Gasteiger partial charge on any atom is -0.293 e. The Morgan fingerprint density at radius 1 is 1.03 bits per heavy atom. The Morgan fingerprint density at radius 2 is 1.81 bits per heavy atom. The molecule has 4 aromatic rings. The number of para-hydroxylation sites is 1. The lowest BCUT2D eigenvalue weighted by atomic mass is 10.0. The second kappa shape index (κ2) is 9.22. The number of carbonyl (C=O) groups excluding carboxylic acids is 1. The van der Waals surface area contributed by atoms with Crippen molar-refractivity contribution in [2.24, 2.45) is 0 Å². The molecule has 0 spiro atoms. The van der Waals surface area contributed by atoms with Crippen LogP contribution in [0.1, 0.15) is 35.7 Å². The maximum Gasteiger partial charge on any atom is 0.196 e. The van der Waals surface area contributed by atoms with Crippen molar-refractivity contribution >= 4 is 17.5 Å². The molecule has 0 saturated heterocycles. The Bertz CT molecular complexity index is 1190. The van der Waals surface area contributed by atoms with Gasteiger partial charge in [0.25, 0.3) is 0 Å². The van der Waals surface area contributed by atoms with E-state index in [0.717, 1.165) is 16.8 Å². The summed E-state index contributed by atoms with van der Waals surface area (Å²) in [6, 6.07) is 17.5. The molecule has 0 unspecified atom stereocenters. The van der Waals surface area contributed by atoms with Gasteiger partial charge in [0.2, 0.25) is 0 Å². The first-order valence-electron chi connectivity index (χ1n) is 9.91. The van der Waals surface area contributed by atoms with Gasteiger partial charge in [-0.25, -0.2) is 4.39 Å². The molecular weight excluding hydrogens is 411 g/mol. The van der Waals surface area contributed by atoms with Crippen molar-refractivity contribution in [3.8, 4) is 17.1 Å². The second-order valence-corrected chi connectivity index (χ2v) is 8.26. The van der Waals surface area contributed by atoms with Crippen molar-refractivity contribution in [3.05, 3.63) is 90.0 Å². The van der Waals surface area contributed by atoms with E-state index in [1.165, 1.54) is 36.0 Å². The van der Waals surface area contributed by atoms with E-state index in [1.807, 2.05) is 34.9 Å². The molecule has 0 aliphatic carbocycles. The van der Waals surface area contributed by atoms with E-state index >= 15 is 0 Å². The zero-order valence-electron chi connectivity index (χ0n) is 17.2. The van der Waals surface area contributed by atoms with Gasteiger partial charge in [-0.15, -0.1) is 10.2 Å². The molecule has 0 bridgehead atoms. The summed E-state index contributed by atoms with van der Waals surface area (Å²) in [7, 11) is 0. The third-order valence-electron chi connectivity index (χ3n) is 4.85. The third kappa shape index (κ3) is 4.56. The molecule has 31 heavy (non-hydrogen) atoms. The van der Waals surface area contributed by atoms with E-state index in [1.54, 1.807) is 12.4 Å². The van der Waals surface area contributed by atoms with E-state index in [4.69, 9.17) is 0 Å². The predicted molar refractivity (Wildman–Crippen MR) is 120 cm³/mol. The van der Waals surface area contributed by atoms with Gasteiger partial charge in [0.1, 0.15) is 5.82 Å². The molecule has 2 heterocycles. The van der Waals surface area contributed by atoms with Gasteiger partial charge < -0.3 is 0 Å². The molecule has 0 radical (unpaired) electrons. The number of benzene rings is 2. The topological polar surface area (TPSA) is 60.7 Å². The normalized spacial score (nSPS) is 11.1. The molecule has 2 aromatic heterocycles. The summed E-state index contributed by atoms with van der Waals surface area (Å²) in [4.78, 5) is 16.8. The smallest absolute Gasteiger partial charge is 0.196 e. The maximum atomic E-state index is 13.2. The van der Waals surface area contributed by atoms with Crippen molar-refractivity contribution in [2.45, 2.75) is 24.9 Å². The highest BCUT2D eigenvalue weighted by Crippen LogP contribution is 2.32. The van der Waals surface area contributed by atoms with Crippen molar-refractivity contribution in [3.63, 3.8) is 0 Å². The number of Topliss-reactive ketones (excluding diaryl/α,β-unsaturated/α-hetero) is 1. The van der Waals surface area contributed by atoms with Gasteiger partial charge in [0, 0.05) is 23.5 Å². The molecule has 0 fully saturated rings. The molecule has 4 rings (SSSR count). The summed E-state index contributed by atoms with van der Waals surface area (Å²) in [5.74, 6) is 0.660. The van der Waals surface area contributed by atoms with Crippen LogP contribution in [0.15, 0.2) is 78.2 Å². The van der Waals surface area contributed by atoms with Gasteiger partial charge in [-0.2, -0.15) is 0 Å². The number of aromatic nitrogens is 4. The zero-order chi connectivity index (χ0) is 21.8. The Labute approximate surface area is 184 Å². The van der Waals surface area contributed by atoms with E-state index in [-0.39, 0.29) is 17.4 Å². The van der Waals surface area contributed by atoms with Crippen molar-refractivity contribution in [2.75, 3.05) is 5.75 Å². The van der Waals surface area contributed by atoms with E-state index in [9.17, 15) is 9.18 Å². The van der Waals surface area contributed by atoms with Crippen LogP contribution in [0.25, 0.3) is 17.1 Å². The molecule has 2 aromatic carbocycles. The number of ketones is 1. The molecule has 0 aliphatic heterocycles. The van der Waals surface area contributed by atoms with Gasteiger partial charge in [0.15, 0.2) is 16.8 Å². The fourth-order valence-corrected chi connectivity index (χ4v) is 4.13. The van der Waals surface area contributed by atoms with Gasteiger partial charge in [-0.1, -0.05) is 43.8 Å². The number of nitrogens with zero attached hydrogens (tertiary/aromatic N) is 4. The lowest BCUT2D eigenvalue weighted by Gasteiger charge is -2.16. The first-order chi connectivity index (χ1) is 15.0. The van der Waals surface area contributed by atoms with Crippen LogP contribution in [0.2, 0.25) is 0 Å². The fraction of sp³-hybridized carbons (Fsp3) is 0.167. The van der Waals surface area contributed by atoms with Crippen LogP contribution in [-0.2, 0) is 0 Å². The number of thioether (sulfide) groups is 1. The summed E-state index contributed by atoms with van der Waals surface area (Å²) in [6.45, 7) is 4.27. The van der Waals surface area contributed by atoms with Gasteiger partial charge in [-0.3, -0.25) is 14.3 Å². The first kappa shape index (κ1) is 20.9. The summed E-state index contributed by atoms with van der Waals surface area (Å²) in [6.07, 6.45) is 3.46. The number of hydrogen-bond acceptors (Lipinski definition) is 5. The van der Waals surface area contributed by atoms with Crippen LogP contribution < -0.4 is 0 Å². The number of rotatable bonds is 7. The van der Waals surface area contributed by atoms with E-state index in [2.05, 4.69) is 35.1 Å². The number of pyridine rings is 1. The highest BCUT2D eigenvalue weighted by molar-refractivity contribution is 7.99. The highest BCUT2D eigenvalue weighted by Gasteiger charge is 2.20. The van der Waals surface area contributed by atoms with Crippen LogP contribution in [0.3, 0.4) is 0 Å². The number of halogens is 1. The quantitative estimate of drug-likeness (QED) is 0.282. The number of carbonyl (C=O) groups is 1. The SMILES string of the molecule is CC(C)c1ccccc1-n1c(SCC(=O)c2ccc(F)cc2)nnc1-c1cccnc1. The standard InChI is InChI=1S/C24H21FN4OS/c1-16(2)20-7-3-4-8-21(20)29-23(18-6-5-13-26-14-18)27-28-24(29)31-15-22(30)17-9-11-19(25)12-10-17/h3-14,16H,15H2,1-2H3. The zero-order valence-corrected chi connectivity index (χ0v) is 18.0. The Balaban J connectivity index is 1.73. The molecule has 0 amide bonds. The molecule has 0 saturated carbocycles. The molecule has 0 aliphatic rings. The first-order valence-corrected chi connectivity index (χ1v) is 10.9. The summed E-state index contributed by atoms with van der Waals surface area (Å²) in [5.41, 5.74) is 3.43. The lowest BCUT2D eigenvalue weighted by Crippen LogP contribution is -2.07. The maximum absolute atomic E-state index is 13.2. The molecule has 7 heteroatoms. The van der Waals surface area contributed by atoms with Crippen molar-refractivity contribution in [1.29, 1.82) is 0 Å². The van der Waals surface area contributed by atoms with Gasteiger partial charge in [-0.05, 0) is 53.9 Å². The Kier molecular flexibility index (Phi) is 6.23. The van der Waals surface area contributed by atoms with Crippen LogP contribution >= 0.6 is 11.8 Å². The monoisotopic (exact) mass is 432 g/mol. The summed E-state index contributed by atoms with van der Waals surface area (Å²) >= 11 is 1.31. The van der Waals surface area contributed by atoms with Gasteiger partial charge in [0.05, 0.1) is 11.4 Å². The summed E-state index contributed by atoms with van der Waals surface area (Å²) < 4.78 is 15.1. The van der Waals surface area contributed by atoms with Gasteiger partial charge >= 0.3 is 0 Å². The molecule has 5 nitrogen and oxygen atoms in total. The van der Waals surface area contributed by atoms with Crippen LogP contribution in [-0.4, -0.2) is 31.3 Å². The molecule has 0 N–H and O–H groups in total. The second-order valence-electron chi connectivity index (χ2n) is 7.32. The third-order valence-corrected chi connectivity index (χ3v) is 5.78.